The van der Waals surface area contributed by atoms with Gasteiger partial charge in [-0.05, 0) is 13.0 Å². The largest absolute Gasteiger partial charge is 0.316 e. The molecule has 0 spiro atoms. The van der Waals surface area contributed by atoms with Gasteiger partial charge in [0.1, 0.15) is 4.33 Å². The molecule has 1 N–H and O–H groups in total. The van der Waals surface area contributed by atoms with Crippen LogP contribution in [0.3, 0.4) is 0 Å². The molecule has 0 unspecified atom stereocenters. The number of hydrogen-bond donors (Lipinski definition) is 1. The zero-order valence-corrected chi connectivity index (χ0v) is 7.47. The highest BCUT2D eigenvalue weighted by Gasteiger charge is 2.72. The molecule has 2 aliphatic rings. The fraction of sp³-hybridized carbons (Fsp3) is 1.00. The van der Waals surface area contributed by atoms with Crippen molar-refractivity contribution in [3.63, 3.8) is 0 Å². The van der Waals surface area contributed by atoms with E-state index in [0.717, 1.165) is 19.5 Å². The first-order valence-corrected chi connectivity index (χ1v) is 4.43. The number of rotatable bonds is 0. The highest BCUT2D eigenvalue weighted by Crippen LogP contribution is 2.71. The average molecular weight is 180 g/mol. The molecular weight excluding hydrogens is 169 g/mol. The van der Waals surface area contributed by atoms with Crippen molar-refractivity contribution >= 4 is 23.2 Å². The molecule has 1 saturated heterocycles. The van der Waals surface area contributed by atoms with Crippen molar-refractivity contribution in [2.24, 2.45) is 11.3 Å². The summed E-state index contributed by atoms with van der Waals surface area (Å²) in [5, 5.41) is 3.29. The minimum atomic E-state index is -0.434. The van der Waals surface area contributed by atoms with Gasteiger partial charge in [0.2, 0.25) is 0 Å². The van der Waals surface area contributed by atoms with Crippen LogP contribution < -0.4 is 5.32 Å². The van der Waals surface area contributed by atoms with Crippen molar-refractivity contribution in [2.45, 2.75) is 17.7 Å². The van der Waals surface area contributed by atoms with E-state index in [9.17, 15) is 0 Å². The molecule has 1 aliphatic carbocycles. The maximum absolute atomic E-state index is 6.08. The van der Waals surface area contributed by atoms with Crippen LogP contribution in [0.25, 0.3) is 0 Å². The van der Waals surface area contributed by atoms with E-state index in [2.05, 4.69) is 12.2 Å². The lowest BCUT2D eigenvalue weighted by Gasteiger charge is -2.16. The molecular formula is C7H11Cl2N. The van der Waals surface area contributed by atoms with Crippen LogP contribution in [0.2, 0.25) is 0 Å². The molecule has 1 heterocycles. The van der Waals surface area contributed by atoms with Gasteiger partial charge in [-0.2, -0.15) is 0 Å². The normalized spacial score (nSPS) is 50.1. The van der Waals surface area contributed by atoms with Crippen LogP contribution in [0.5, 0.6) is 0 Å². The van der Waals surface area contributed by atoms with E-state index in [4.69, 9.17) is 23.2 Å². The maximum atomic E-state index is 6.08. The smallest absolute Gasteiger partial charge is 0.128 e. The Kier molecular flexibility index (Phi) is 1.31. The molecule has 2 atom stereocenters. The second-order valence-electron chi connectivity index (χ2n) is 3.55. The third-order valence-electron chi connectivity index (χ3n) is 3.05. The summed E-state index contributed by atoms with van der Waals surface area (Å²) in [6, 6.07) is 0. The molecule has 0 radical (unpaired) electrons. The Morgan fingerprint density at radius 1 is 1.50 bits per heavy atom. The summed E-state index contributed by atoms with van der Waals surface area (Å²) in [5.74, 6) is 0.483. The lowest BCUT2D eigenvalue weighted by Crippen LogP contribution is -2.27. The Balaban J connectivity index is 2.20. The Morgan fingerprint density at radius 2 is 2.20 bits per heavy atom. The summed E-state index contributed by atoms with van der Waals surface area (Å²) >= 11 is 12.2. The zero-order valence-electron chi connectivity index (χ0n) is 5.95. The van der Waals surface area contributed by atoms with Gasteiger partial charge in [-0.3, -0.25) is 0 Å². The summed E-state index contributed by atoms with van der Waals surface area (Å²) in [6.07, 6.45) is 1.12. The van der Waals surface area contributed by atoms with Crippen LogP contribution >= 0.6 is 23.2 Å². The Hall–Kier alpha value is 0.540. The minimum Gasteiger partial charge on any atom is -0.316 e. The van der Waals surface area contributed by atoms with Crippen LogP contribution in [0.1, 0.15) is 13.3 Å². The molecule has 58 valence electrons. The second kappa shape index (κ2) is 1.82. The van der Waals surface area contributed by atoms with Crippen LogP contribution in [0, 0.1) is 11.3 Å². The minimum absolute atomic E-state index is 0.210. The number of piperidine rings is 1. The van der Waals surface area contributed by atoms with Crippen LogP contribution in [0.15, 0.2) is 0 Å². The van der Waals surface area contributed by atoms with Gasteiger partial charge < -0.3 is 5.32 Å². The van der Waals surface area contributed by atoms with E-state index in [1.54, 1.807) is 0 Å². The summed E-state index contributed by atoms with van der Waals surface area (Å²) in [4.78, 5) is 0. The molecule has 0 amide bonds. The first-order valence-electron chi connectivity index (χ1n) is 3.67. The van der Waals surface area contributed by atoms with Crippen LogP contribution in [-0.2, 0) is 0 Å². The number of hydrogen-bond acceptors (Lipinski definition) is 1. The van der Waals surface area contributed by atoms with Crippen molar-refractivity contribution in [2.75, 3.05) is 13.1 Å². The van der Waals surface area contributed by atoms with E-state index < -0.39 is 4.33 Å². The standard InChI is InChI=1S/C7H11Cl2N/c1-6-2-3-10-4-5(6)7(6,8)9/h5,10H,2-4H2,1H3/t5-,6+/m1/s1. The monoisotopic (exact) mass is 179 g/mol. The van der Waals surface area contributed by atoms with Crippen molar-refractivity contribution in [1.82, 2.24) is 5.32 Å². The predicted molar refractivity (Wildman–Crippen MR) is 43.5 cm³/mol. The number of fused-ring (bicyclic) bond motifs is 1. The molecule has 2 rings (SSSR count). The molecule has 1 aliphatic heterocycles. The summed E-state index contributed by atoms with van der Waals surface area (Å²) in [6.45, 7) is 4.23. The lowest BCUT2D eigenvalue weighted by molar-refractivity contribution is 0.381. The van der Waals surface area contributed by atoms with E-state index >= 15 is 0 Å². The lowest BCUT2D eigenvalue weighted by atomic mass is 9.99. The highest BCUT2D eigenvalue weighted by molar-refractivity contribution is 6.51. The van der Waals surface area contributed by atoms with E-state index in [1.165, 1.54) is 0 Å². The van der Waals surface area contributed by atoms with Gasteiger partial charge in [0.25, 0.3) is 0 Å². The number of halogens is 2. The Labute approximate surface area is 71.1 Å². The molecule has 10 heavy (non-hydrogen) atoms. The van der Waals surface area contributed by atoms with Gasteiger partial charge in [-0.15, -0.1) is 23.2 Å². The van der Waals surface area contributed by atoms with Gasteiger partial charge in [0.15, 0.2) is 0 Å². The molecule has 2 fully saturated rings. The van der Waals surface area contributed by atoms with Crippen LogP contribution in [-0.4, -0.2) is 17.4 Å². The third-order valence-corrected chi connectivity index (χ3v) is 4.44. The molecule has 0 aromatic carbocycles. The summed E-state index contributed by atoms with van der Waals surface area (Å²) in [7, 11) is 0. The first-order chi connectivity index (χ1) is 4.59. The summed E-state index contributed by atoms with van der Waals surface area (Å²) < 4.78 is -0.434. The van der Waals surface area contributed by atoms with Crippen molar-refractivity contribution < 1.29 is 0 Å². The van der Waals surface area contributed by atoms with Gasteiger partial charge >= 0.3 is 0 Å². The maximum Gasteiger partial charge on any atom is 0.128 e. The fourth-order valence-electron chi connectivity index (χ4n) is 1.96. The van der Waals surface area contributed by atoms with Crippen molar-refractivity contribution in [1.29, 1.82) is 0 Å². The molecule has 3 heteroatoms. The number of nitrogens with one attached hydrogen (secondary N) is 1. The van der Waals surface area contributed by atoms with Crippen LogP contribution in [0.4, 0.5) is 0 Å². The molecule has 1 saturated carbocycles. The van der Waals surface area contributed by atoms with E-state index in [1.807, 2.05) is 0 Å². The first kappa shape index (κ1) is 7.20. The quantitative estimate of drug-likeness (QED) is 0.560. The fourth-order valence-corrected chi connectivity index (χ4v) is 2.94. The Bertz CT molecular complexity index is 169. The molecule has 0 aromatic heterocycles. The number of alkyl halides is 2. The topological polar surface area (TPSA) is 12.0 Å². The van der Waals surface area contributed by atoms with E-state index in [-0.39, 0.29) is 5.41 Å². The molecule has 1 nitrogen and oxygen atoms in total. The Morgan fingerprint density at radius 3 is 2.60 bits per heavy atom. The average Bonchev–Trinajstić information content (AvgIpc) is 2.30. The predicted octanol–water partition coefficient (Wildman–Crippen LogP) is 1.79. The van der Waals surface area contributed by atoms with Gasteiger partial charge in [-0.1, -0.05) is 6.92 Å². The zero-order chi connectivity index (χ0) is 7.41. The third kappa shape index (κ3) is 0.640. The van der Waals surface area contributed by atoms with Gasteiger partial charge in [0.05, 0.1) is 0 Å². The van der Waals surface area contributed by atoms with E-state index in [0.29, 0.717) is 5.92 Å². The highest BCUT2D eigenvalue weighted by atomic mass is 35.5. The summed E-state index contributed by atoms with van der Waals surface area (Å²) in [5.41, 5.74) is 0.210. The van der Waals surface area contributed by atoms with Gasteiger partial charge in [-0.25, -0.2) is 0 Å². The second-order valence-corrected chi connectivity index (χ2v) is 4.93. The SMILES string of the molecule is C[C@]12CCNC[C@H]1C2(Cl)Cl. The van der Waals surface area contributed by atoms with Crippen molar-refractivity contribution in [3.05, 3.63) is 0 Å². The van der Waals surface area contributed by atoms with Crippen molar-refractivity contribution in [3.8, 4) is 0 Å². The molecule has 0 aromatic rings. The van der Waals surface area contributed by atoms with Gasteiger partial charge in [0, 0.05) is 17.9 Å². The molecule has 0 bridgehead atoms.